The lowest BCUT2D eigenvalue weighted by molar-refractivity contribution is -0.137. The fraction of sp³-hybridized carbons (Fsp3) is 0.292. The van der Waals surface area contributed by atoms with Gasteiger partial charge >= 0.3 is 6.18 Å². The molecule has 0 aliphatic carbocycles. The number of carbonyl (C=O) groups excluding carboxylic acids is 2. The first-order valence-electron chi connectivity index (χ1n) is 11.2. The van der Waals surface area contributed by atoms with E-state index in [9.17, 15) is 31.5 Å². The second kappa shape index (κ2) is 10.4. The summed E-state index contributed by atoms with van der Waals surface area (Å²) in [5.41, 5.74) is -1.47. The summed E-state index contributed by atoms with van der Waals surface area (Å²) < 4.78 is 67.5. The first kappa shape index (κ1) is 25.9. The van der Waals surface area contributed by atoms with E-state index in [1.807, 2.05) is 0 Å². The van der Waals surface area contributed by atoms with E-state index < -0.39 is 29.3 Å². The Morgan fingerprint density at radius 2 is 1.92 bits per heavy atom. The maximum atomic E-state index is 14.4. The van der Waals surface area contributed by atoms with Gasteiger partial charge in [0, 0.05) is 63.2 Å². The van der Waals surface area contributed by atoms with Crippen LogP contribution in [0.15, 0.2) is 42.7 Å². The lowest BCUT2D eigenvalue weighted by atomic mass is 10.2. The molecular weight excluding hydrogens is 499 g/mol. The Labute approximate surface area is 208 Å². The minimum absolute atomic E-state index is 0.0131. The molecule has 0 spiro atoms. The Morgan fingerprint density at radius 1 is 1.14 bits per heavy atom. The number of nitrogens with zero attached hydrogens (tertiary/aromatic N) is 5. The number of aromatic nitrogens is 3. The zero-order chi connectivity index (χ0) is 26.7. The standard InChI is InChI=1S/C24H21F5N6O2/c1-34(19-5-4-16(25)10-17(19)26)20-11-18(23(37)31-6-8-35-7-2-3-21(35)36)32-22(33-20)14-9-15(13-30-12-14)24(27,28)29/h4-5,9-13H,2-3,6-8H2,1H3,(H,31,37). The highest BCUT2D eigenvalue weighted by molar-refractivity contribution is 5.93. The molecule has 2 aromatic heterocycles. The van der Waals surface area contributed by atoms with Gasteiger partial charge in [-0.3, -0.25) is 14.6 Å². The van der Waals surface area contributed by atoms with Crippen LogP contribution >= 0.6 is 0 Å². The van der Waals surface area contributed by atoms with E-state index in [4.69, 9.17) is 0 Å². The Balaban J connectivity index is 1.68. The smallest absolute Gasteiger partial charge is 0.349 e. The van der Waals surface area contributed by atoms with Gasteiger partial charge in [0.05, 0.1) is 11.3 Å². The number of benzene rings is 1. The lowest BCUT2D eigenvalue weighted by Gasteiger charge is -2.20. The third-order valence-corrected chi connectivity index (χ3v) is 5.72. The average Bonchev–Trinajstić information content (AvgIpc) is 3.27. The van der Waals surface area contributed by atoms with Gasteiger partial charge in [-0.05, 0) is 24.6 Å². The van der Waals surface area contributed by atoms with Crippen molar-refractivity contribution in [2.24, 2.45) is 0 Å². The monoisotopic (exact) mass is 520 g/mol. The van der Waals surface area contributed by atoms with Gasteiger partial charge < -0.3 is 15.1 Å². The summed E-state index contributed by atoms with van der Waals surface area (Å²) in [7, 11) is 1.40. The van der Waals surface area contributed by atoms with E-state index >= 15 is 0 Å². The van der Waals surface area contributed by atoms with Crippen molar-refractivity contribution >= 4 is 23.3 Å². The molecule has 1 N–H and O–H groups in total. The van der Waals surface area contributed by atoms with Crippen molar-refractivity contribution in [2.45, 2.75) is 19.0 Å². The van der Waals surface area contributed by atoms with E-state index in [0.717, 1.165) is 30.8 Å². The van der Waals surface area contributed by atoms with E-state index in [2.05, 4.69) is 20.3 Å². The Hall–Kier alpha value is -4.16. The van der Waals surface area contributed by atoms with Crippen molar-refractivity contribution in [1.29, 1.82) is 0 Å². The summed E-state index contributed by atoms with van der Waals surface area (Å²) in [6, 6.07) is 4.86. The molecule has 4 rings (SSSR count). The van der Waals surface area contributed by atoms with Crippen LogP contribution in [0.4, 0.5) is 33.5 Å². The van der Waals surface area contributed by atoms with Gasteiger partial charge in [0.2, 0.25) is 5.91 Å². The zero-order valence-corrected chi connectivity index (χ0v) is 19.5. The van der Waals surface area contributed by atoms with Gasteiger partial charge in [0.1, 0.15) is 23.1 Å². The molecule has 0 saturated carbocycles. The van der Waals surface area contributed by atoms with Gasteiger partial charge in [-0.25, -0.2) is 18.7 Å². The molecule has 0 unspecified atom stereocenters. The van der Waals surface area contributed by atoms with Gasteiger partial charge in [0.15, 0.2) is 5.82 Å². The molecule has 13 heteroatoms. The molecule has 8 nitrogen and oxygen atoms in total. The number of likely N-dealkylation sites (tertiary alicyclic amines) is 1. The molecule has 1 aromatic carbocycles. The zero-order valence-electron chi connectivity index (χ0n) is 19.5. The molecule has 37 heavy (non-hydrogen) atoms. The number of carbonyl (C=O) groups is 2. The number of amides is 2. The predicted molar refractivity (Wildman–Crippen MR) is 123 cm³/mol. The predicted octanol–water partition coefficient (Wildman–Crippen LogP) is 3.96. The Kier molecular flexibility index (Phi) is 7.32. The normalized spacial score (nSPS) is 13.7. The summed E-state index contributed by atoms with van der Waals surface area (Å²) in [5, 5.41) is 2.62. The van der Waals surface area contributed by atoms with Crippen molar-refractivity contribution in [3.8, 4) is 11.4 Å². The highest BCUT2D eigenvalue weighted by atomic mass is 19.4. The summed E-state index contributed by atoms with van der Waals surface area (Å²) in [5.74, 6) is -2.70. The maximum Gasteiger partial charge on any atom is 0.417 e. The fourth-order valence-corrected chi connectivity index (χ4v) is 3.78. The van der Waals surface area contributed by atoms with Crippen LogP contribution in [-0.2, 0) is 11.0 Å². The second-order valence-electron chi connectivity index (χ2n) is 8.29. The van der Waals surface area contributed by atoms with Crippen LogP contribution in [0, 0.1) is 11.6 Å². The molecule has 3 heterocycles. The number of hydrogen-bond donors (Lipinski definition) is 1. The first-order chi connectivity index (χ1) is 17.5. The second-order valence-corrected chi connectivity index (χ2v) is 8.29. The number of pyridine rings is 1. The van der Waals surface area contributed by atoms with Crippen LogP contribution in [0.3, 0.4) is 0 Å². The highest BCUT2D eigenvalue weighted by Gasteiger charge is 2.31. The molecule has 2 amide bonds. The number of halogens is 5. The van der Waals surface area contributed by atoms with Crippen molar-refractivity contribution in [1.82, 2.24) is 25.2 Å². The van der Waals surface area contributed by atoms with Gasteiger partial charge in [-0.2, -0.15) is 13.2 Å². The quantitative estimate of drug-likeness (QED) is 0.475. The van der Waals surface area contributed by atoms with Gasteiger partial charge in [-0.15, -0.1) is 0 Å². The van der Waals surface area contributed by atoms with Crippen LogP contribution in [-0.4, -0.2) is 58.3 Å². The molecule has 1 fully saturated rings. The molecule has 0 bridgehead atoms. The third-order valence-electron chi connectivity index (χ3n) is 5.72. The largest absolute Gasteiger partial charge is 0.417 e. The summed E-state index contributed by atoms with van der Waals surface area (Å²) >= 11 is 0. The Bertz CT molecular complexity index is 1330. The van der Waals surface area contributed by atoms with Crippen LogP contribution in [0.25, 0.3) is 11.4 Å². The van der Waals surface area contributed by atoms with Crippen LogP contribution in [0.5, 0.6) is 0 Å². The van der Waals surface area contributed by atoms with Crippen molar-refractivity contribution in [3.63, 3.8) is 0 Å². The molecule has 1 saturated heterocycles. The van der Waals surface area contributed by atoms with Gasteiger partial charge in [0.25, 0.3) is 5.91 Å². The number of alkyl halides is 3. The molecule has 1 aliphatic rings. The number of rotatable bonds is 7. The summed E-state index contributed by atoms with van der Waals surface area (Å²) in [6.07, 6.45) is -1.75. The fourth-order valence-electron chi connectivity index (χ4n) is 3.78. The molecule has 3 aromatic rings. The highest BCUT2D eigenvalue weighted by Crippen LogP contribution is 2.32. The molecule has 0 atom stereocenters. The lowest BCUT2D eigenvalue weighted by Crippen LogP contribution is -2.36. The maximum absolute atomic E-state index is 14.4. The minimum Gasteiger partial charge on any atom is -0.349 e. The number of anilines is 2. The molecular formula is C24H21F5N6O2. The first-order valence-corrected chi connectivity index (χ1v) is 11.2. The molecule has 1 aliphatic heterocycles. The van der Waals surface area contributed by atoms with Crippen LogP contribution in [0.2, 0.25) is 0 Å². The number of nitrogens with one attached hydrogen (secondary N) is 1. The number of hydrogen-bond acceptors (Lipinski definition) is 6. The van der Waals surface area contributed by atoms with Crippen molar-refractivity contribution < 1.29 is 31.5 Å². The topological polar surface area (TPSA) is 91.3 Å². The van der Waals surface area contributed by atoms with E-state index in [-0.39, 0.29) is 47.6 Å². The van der Waals surface area contributed by atoms with Crippen LogP contribution in [0.1, 0.15) is 28.9 Å². The van der Waals surface area contributed by atoms with E-state index in [1.165, 1.54) is 18.0 Å². The van der Waals surface area contributed by atoms with Gasteiger partial charge in [-0.1, -0.05) is 0 Å². The van der Waals surface area contributed by atoms with E-state index in [1.54, 1.807) is 4.90 Å². The summed E-state index contributed by atoms with van der Waals surface area (Å²) in [6.45, 7) is 0.994. The molecule has 194 valence electrons. The van der Waals surface area contributed by atoms with Crippen LogP contribution < -0.4 is 10.2 Å². The minimum atomic E-state index is -4.68. The Morgan fingerprint density at radius 3 is 2.59 bits per heavy atom. The van der Waals surface area contributed by atoms with E-state index in [0.29, 0.717) is 25.2 Å². The average molecular weight is 520 g/mol. The van der Waals surface area contributed by atoms with Crippen molar-refractivity contribution in [3.05, 3.63) is 65.6 Å². The SMILES string of the molecule is CN(c1cc(C(=O)NCCN2CCCC2=O)nc(-c2cncc(C(F)(F)F)c2)n1)c1ccc(F)cc1F. The van der Waals surface area contributed by atoms with Crippen molar-refractivity contribution in [2.75, 3.05) is 31.6 Å². The molecule has 0 radical (unpaired) electrons. The summed E-state index contributed by atoms with van der Waals surface area (Å²) in [4.78, 5) is 39.4. The third kappa shape index (κ3) is 5.98.